The van der Waals surface area contributed by atoms with Gasteiger partial charge < -0.3 is 9.84 Å². The first-order chi connectivity index (χ1) is 7.02. The molecule has 0 radical (unpaired) electrons. The van der Waals surface area contributed by atoms with E-state index in [9.17, 15) is 8.42 Å². The minimum absolute atomic E-state index is 0.00149. The molecule has 1 aromatic carbocycles. The number of rotatable bonds is 3. The van der Waals surface area contributed by atoms with E-state index in [1.165, 1.54) is 6.26 Å². The third kappa shape index (κ3) is 2.19. The molecular weight excluding hydrogens is 216 g/mol. The summed E-state index contributed by atoms with van der Waals surface area (Å²) in [5, 5.41) is 8.80. The molecule has 1 fully saturated rings. The van der Waals surface area contributed by atoms with Crippen LogP contribution in [0, 0.1) is 0 Å². The van der Waals surface area contributed by atoms with Crippen LogP contribution >= 0.6 is 0 Å². The molecule has 2 rings (SSSR count). The molecule has 0 bridgehead atoms. The summed E-state index contributed by atoms with van der Waals surface area (Å²) in [5.41, 5.74) is 0.904. The van der Waals surface area contributed by atoms with Gasteiger partial charge in [0.1, 0.15) is 12.2 Å². The predicted octanol–water partition coefficient (Wildman–Crippen LogP) is 0.522. The minimum atomic E-state index is -3.13. The molecule has 4 nitrogen and oxygen atoms in total. The van der Waals surface area contributed by atoms with E-state index >= 15 is 0 Å². The Labute approximate surface area is 88.4 Å². The average Bonchev–Trinajstić information content (AvgIpc) is 2.95. The number of aliphatic hydroxyl groups excluding tert-OH is 1. The molecular formula is C10H12O4S. The summed E-state index contributed by atoms with van der Waals surface area (Å²) in [6, 6.07) is 6.55. The molecule has 0 aromatic heterocycles. The van der Waals surface area contributed by atoms with E-state index in [4.69, 9.17) is 9.84 Å². The second-order valence-corrected chi connectivity index (χ2v) is 5.63. The third-order valence-electron chi connectivity index (χ3n) is 2.40. The number of hydrogen-bond donors (Lipinski definition) is 1. The summed E-state index contributed by atoms with van der Waals surface area (Å²) >= 11 is 0. The van der Waals surface area contributed by atoms with Crippen molar-refractivity contribution in [2.75, 3.05) is 12.9 Å². The van der Waals surface area contributed by atoms with E-state index in [-0.39, 0.29) is 18.8 Å². The van der Waals surface area contributed by atoms with Gasteiger partial charge in [-0.1, -0.05) is 12.1 Å². The fraction of sp³-hybridized carbons (Fsp3) is 0.400. The number of hydrogen-bond acceptors (Lipinski definition) is 4. The van der Waals surface area contributed by atoms with Crippen LogP contribution in [0.4, 0.5) is 0 Å². The average molecular weight is 228 g/mol. The van der Waals surface area contributed by atoms with Crippen LogP contribution in [0.2, 0.25) is 0 Å². The highest BCUT2D eigenvalue weighted by atomic mass is 32.2. The van der Waals surface area contributed by atoms with Crippen molar-refractivity contribution < 1.29 is 18.3 Å². The van der Waals surface area contributed by atoms with Crippen molar-refractivity contribution in [3.8, 4) is 0 Å². The van der Waals surface area contributed by atoms with Crippen LogP contribution in [0.25, 0.3) is 0 Å². The Kier molecular flexibility index (Phi) is 2.54. The van der Waals surface area contributed by atoms with E-state index in [1.54, 1.807) is 24.3 Å². The minimum Gasteiger partial charge on any atom is -0.394 e. The molecule has 82 valence electrons. The molecule has 1 aliphatic rings. The van der Waals surface area contributed by atoms with Crippen molar-refractivity contribution in [3.63, 3.8) is 0 Å². The van der Waals surface area contributed by atoms with E-state index in [1.807, 2.05) is 0 Å². The van der Waals surface area contributed by atoms with Gasteiger partial charge in [-0.15, -0.1) is 0 Å². The molecule has 0 spiro atoms. The largest absolute Gasteiger partial charge is 0.394 e. The molecule has 1 N–H and O–H groups in total. The zero-order chi connectivity index (χ0) is 11.1. The van der Waals surface area contributed by atoms with Gasteiger partial charge in [0.05, 0.1) is 11.5 Å². The topological polar surface area (TPSA) is 66.9 Å². The van der Waals surface area contributed by atoms with Gasteiger partial charge in [-0.3, -0.25) is 0 Å². The van der Waals surface area contributed by atoms with Crippen molar-refractivity contribution in [2.24, 2.45) is 0 Å². The van der Waals surface area contributed by atoms with E-state index < -0.39 is 9.84 Å². The fourth-order valence-electron chi connectivity index (χ4n) is 1.48. The van der Waals surface area contributed by atoms with Gasteiger partial charge in [0.25, 0.3) is 0 Å². The van der Waals surface area contributed by atoms with E-state index in [2.05, 4.69) is 0 Å². The second-order valence-electron chi connectivity index (χ2n) is 3.62. The Morgan fingerprint density at radius 1 is 1.33 bits per heavy atom. The predicted molar refractivity (Wildman–Crippen MR) is 54.3 cm³/mol. The van der Waals surface area contributed by atoms with Crippen LogP contribution in [-0.4, -0.2) is 32.5 Å². The lowest BCUT2D eigenvalue weighted by Crippen LogP contribution is -1.98. The highest BCUT2D eigenvalue weighted by molar-refractivity contribution is 7.90. The van der Waals surface area contributed by atoms with Crippen LogP contribution in [0.1, 0.15) is 11.7 Å². The number of aliphatic hydroxyl groups is 1. The summed E-state index contributed by atoms with van der Waals surface area (Å²) in [4.78, 5) is 0.299. The molecule has 2 atom stereocenters. The monoisotopic (exact) mass is 228 g/mol. The molecule has 1 aromatic rings. The lowest BCUT2D eigenvalue weighted by atomic mass is 10.1. The van der Waals surface area contributed by atoms with Crippen molar-refractivity contribution >= 4 is 9.84 Å². The summed E-state index contributed by atoms with van der Waals surface area (Å²) in [6.07, 6.45) is 0.962. The number of epoxide rings is 1. The lowest BCUT2D eigenvalue weighted by Gasteiger charge is -1.99. The number of ether oxygens (including phenoxy) is 1. The van der Waals surface area contributed by atoms with Crippen molar-refractivity contribution in [3.05, 3.63) is 29.8 Å². The van der Waals surface area contributed by atoms with Crippen LogP contribution in [0.5, 0.6) is 0 Å². The third-order valence-corrected chi connectivity index (χ3v) is 3.53. The van der Waals surface area contributed by atoms with Gasteiger partial charge in [0.2, 0.25) is 0 Å². The van der Waals surface area contributed by atoms with Crippen molar-refractivity contribution in [1.82, 2.24) is 0 Å². The Balaban J connectivity index is 2.19. The summed E-state index contributed by atoms with van der Waals surface area (Å²) in [6.45, 7) is -0.00149. The molecule has 1 heterocycles. The lowest BCUT2D eigenvalue weighted by molar-refractivity contribution is 0.242. The van der Waals surface area contributed by atoms with E-state index in [0.29, 0.717) is 4.90 Å². The quantitative estimate of drug-likeness (QED) is 0.766. The normalized spacial score (nSPS) is 25.2. The summed E-state index contributed by atoms with van der Waals surface area (Å²) in [7, 11) is -3.13. The Bertz CT molecular complexity index is 449. The molecule has 1 saturated heterocycles. The van der Waals surface area contributed by atoms with Gasteiger partial charge in [-0.2, -0.15) is 0 Å². The summed E-state index contributed by atoms with van der Waals surface area (Å²) < 4.78 is 27.5. The Morgan fingerprint density at radius 3 is 2.33 bits per heavy atom. The van der Waals surface area contributed by atoms with E-state index in [0.717, 1.165) is 5.56 Å². The summed E-state index contributed by atoms with van der Waals surface area (Å²) in [5.74, 6) is 0. The zero-order valence-electron chi connectivity index (χ0n) is 8.25. The van der Waals surface area contributed by atoms with Gasteiger partial charge in [0, 0.05) is 6.26 Å². The number of benzene rings is 1. The molecule has 1 aliphatic heterocycles. The first kappa shape index (κ1) is 10.6. The SMILES string of the molecule is CS(=O)(=O)c1ccc([C@@H]2O[C@H]2CO)cc1. The maximum absolute atomic E-state index is 11.2. The smallest absolute Gasteiger partial charge is 0.175 e. The standard InChI is InChI=1S/C10H12O4S/c1-15(12,13)8-4-2-7(3-5-8)10-9(6-11)14-10/h2-5,9-11H,6H2,1H3/t9-,10-/m0/s1. The molecule has 0 aliphatic carbocycles. The first-order valence-corrected chi connectivity index (χ1v) is 6.48. The van der Waals surface area contributed by atoms with Crippen LogP contribution in [0.15, 0.2) is 29.2 Å². The molecule has 5 heteroatoms. The van der Waals surface area contributed by atoms with Crippen LogP contribution in [0.3, 0.4) is 0 Å². The van der Waals surface area contributed by atoms with Gasteiger partial charge in [-0.05, 0) is 17.7 Å². The molecule has 15 heavy (non-hydrogen) atoms. The van der Waals surface area contributed by atoms with Crippen molar-refractivity contribution in [1.29, 1.82) is 0 Å². The first-order valence-electron chi connectivity index (χ1n) is 4.58. The highest BCUT2D eigenvalue weighted by Crippen LogP contribution is 2.38. The highest BCUT2D eigenvalue weighted by Gasteiger charge is 2.39. The maximum atomic E-state index is 11.2. The van der Waals surface area contributed by atoms with Crippen molar-refractivity contribution in [2.45, 2.75) is 17.1 Å². The van der Waals surface area contributed by atoms with Crippen LogP contribution < -0.4 is 0 Å². The Morgan fingerprint density at radius 2 is 1.93 bits per heavy atom. The van der Waals surface area contributed by atoms with Gasteiger partial charge in [-0.25, -0.2) is 8.42 Å². The molecule has 0 unspecified atom stereocenters. The fourth-order valence-corrected chi connectivity index (χ4v) is 2.11. The van der Waals surface area contributed by atoms with Gasteiger partial charge in [0.15, 0.2) is 9.84 Å². The zero-order valence-corrected chi connectivity index (χ0v) is 9.07. The number of sulfone groups is 1. The molecule has 0 amide bonds. The Hall–Kier alpha value is -0.910. The van der Waals surface area contributed by atoms with Gasteiger partial charge >= 0.3 is 0 Å². The molecule has 0 saturated carbocycles. The second kappa shape index (κ2) is 3.59. The van der Waals surface area contributed by atoms with Crippen LogP contribution in [-0.2, 0) is 14.6 Å². The maximum Gasteiger partial charge on any atom is 0.175 e.